The zero-order valence-corrected chi connectivity index (χ0v) is 32.9. The molecule has 0 radical (unpaired) electrons. The van der Waals surface area contributed by atoms with Gasteiger partial charge in [-0.25, -0.2) is 14.8 Å². The number of nitrogens with zero attached hydrogens (tertiary/aromatic N) is 5. The highest BCUT2D eigenvalue weighted by Gasteiger charge is 2.32. The number of aromatic nitrogens is 4. The Balaban J connectivity index is 1.03. The van der Waals surface area contributed by atoms with Crippen molar-refractivity contribution in [2.75, 3.05) is 61.6 Å². The molecule has 2 fully saturated rings. The standard InChI is InChI=1S/C39H51N9O6S/c1-25(43-38(51)54-39(2,3)4)31(23-55(5)52)36(49)45-29-7-6-14-47(22-29)21-26-12-13-40-33(19-26)37(50)44-28-10-8-27(9-11-28)32-20-30-34(46-32)41-24-42-35(30)48-15-17-53-18-16-48/h8-13,19-20,24-25,29,31H,6-7,14-18,21-23H2,1-5H3,(H,43,51)(H,44,50)(H,45,49)(H,41,42,46)/t25-,29?,31?,55?/m1/s1. The first-order chi connectivity index (χ1) is 26.3. The number of ether oxygens (including phenoxy) is 2. The lowest BCUT2D eigenvalue weighted by Gasteiger charge is -2.34. The Bertz CT molecular complexity index is 1990. The maximum absolute atomic E-state index is 13.5. The third-order valence-corrected chi connectivity index (χ3v) is 10.4. The van der Waals surface area contributed by atoms with Crippen LogP contribution in [0.3, 0.4) is 0 Å². The van der Waals surface area contributed by atoms with E-state index in [0.29, 0.717) is 37.7 Å². The Morgan fingerprint density at radius 2 is 1.82 bits per heavy atom. The van der Waals surface area contributed by atoms with Gasteiger partial charge in [-0.3, -0.25) is 23.7 Å². The van der Waals surface area contributed by atoms with Crippen molar-refractivity contribution in [3.63, 3.8) is 0 Å². The highest BCUT2D eigenvalue weighted by Crippen LogP contribution is 2.30. The number of anilines is 2. The van der Waals surface area contributed by atoms with Gasteiger partial charge in [0.1, 0.15) is 29.1 Å². The second kappa shape index (κ2) is 17.7. The SMILES string of the molecule is C[C@@H](NC(=O)OC(C)(C)C)C(CS(C)=O)C(=O)NC1CCCN(Cc2ccnc(C(=O)Nc3ccc(-c4cc5c(N6CCOCC6)ncnc5[nH]4)cc3)c2)C1. The molecule has 0 bridgehead atoms. The van der Waals surface area contributed by atoms with Crippen LogP contribution in [0.25, 0.3) is 22.3 Å². The van der Waals surface area contributed by atoms with Crippen molar-refractivity contribution in [3.8, 4) is 11.3 Å². The van der Waals surface area contributed by atoms with Crippen molar-refractivity contribution >= 4 is 51.2 Å². The van der Waals surface area contributed by atoms with E-state index in [0.717, 1.165) is 66.1 Å². The van der Waals surface area contributed by atoms with Gasteiger partial charge in [0.25, 0.3) is 5.91 Å². The number of hydrogen-bond acceptors (Lipinski definition) is 11. The average Bonchev–Trinajstić information content (AvgIpc) is 3.59. The number of pyridine rings is 1. The molecule has 6 rings (SSSR count). The molecule has 15 nitrogen and oxygen atoms in total. The Hall–Kier alpha value is -4.93. The Morgan fingerprint density at radius 3 is 2.55 bits per heavy atom. The van der Waals surface area contributed by atoms with E-state index in [4.69, 9.17) is 9.47 Å². The zero-order chi connectivity index (χ0) is 39.1. The van der Waals surface area contributed by atoms with E-state index >= 15 is 0 Å². The Kier molecular flexibility index (Phi) is 12.8. The first kappa shape index (κ1) is 39.8. The van der Waals surface area contributed by atoms with Gasteiger partial charge in [-0.15, -0.1) is 0 Å². The molecule has 1 aromatic carbocycles. The van der Waals surface area contributed by atoms with Crippen LogP contribution in [0.4, 0.5) is 16.3 Å². The van der Waals surface area contributed by atoms with Crippen molar-refractivity contribution in [2.45, 2.75) is 64.8 Å². The molecule has 16 heteroatoms. The Labute approximate surface area is 323 Å². The van der Waals surface area contributed by atoms with Gasteiger partial charge in [-0.1, -0.05) is 12.1 Å². The molecule has 2 aliphatic heterocycles. The van der Waals surface area contributed by atoms with E-state index < -0.39 is 34.5 Å². The highest BCUT2D eigenvalue weighted by molar-refractivity contribution is 7.84. The van der Waals surface area contributed by atoms with Crippen LogP contribution in [0.2, 0.25) is 0 Å². The second-order valence-corrected chi connectivity index (χ2v) is 16.7. The van der Waals surface area contributed by atoms with Crippen molar-refractivity contribution < 1.29 is 28.1 Å². The third-order valence-electron chi connectivity index (χ3n) is 9.58. The van der Waals surface area contributed by atoms with Crippen molar-refractivity contribution in [3.05, 3.63) is 66.2 Å². The first-order valence-corrected chi connectivity index (χ1v) is 20.4. The predicted molar refractivity (Wildman–Crippen MR) is 212 cm³/mol. The van der Waals surface area contributed by atoms with E-state index in [9.17, 15) is 18.6 Å². The first-order valence-electron chi connectivity index (χ1n) is 18.7. The van der Waals surface area contributed by atoms with Crippen LogP contribution in [-0.4, -0.2) is 116 Å². The van der Waals surface area contributed by atoms with Gasteiger partial charge in [0.15, 0.2) is 0 Å². The summed E-state index contributed by atoms with van der Waals surface area (Å²) >= 11 is 0. The summed E-state index contributed by atoms with van der Waals surface area (Å²) in [5.41, 5.74) is 3.80. The van der Waals surface area contributed by atoms with E-state index in [1.807, 2.05) is 30.3 Å². The number of fused-ring (bicyclic) bond motifs is 1. The molecule has 5 heterocycles. The number of benzene rings is 1. The minimum Gasteiger partial charge on any atom is -0.444 e. The van der Waals surface area contributed by atoms with Crippen molar-refractivity contribution in [1.29, 1.82) is 0 Å². The summed E-state index contributed by atoms with van der Waals surface area (Å²) in [7, 11) is -1.26. The number of alkyl carbamates (subject to hydrolysis) is 1. The van der Waals surface area contributed by atoms with E-state index in [-0.39, 0.29) is 23.6 Å². The lowest BCUT2D eigenvalue weighted by molar-refractivity contribution is -0.126. The van der Waals surface area contributed by atoms with Gasteiger partial charge in [-0.2, -0.15) is 0 Å². The number of amides is 3. The van der Waals surface area contributed by atoms with E-state index in [2.05, 4.69) is 51.8 Å². The summed E-state index contributed by atoms with van der Waals surface area (Å²) in [6, 6.07) is 12.6. The van der Waals surface area contributed by atoms with Gasteiger partial charge in [0, 0.05) is 78.6 Å². The number of nitrogens with one attached hydrogen (secondary N) is 4. The predicted octanol–water partition coefficient (Wildman–Crippen LogP) is 4.10. The lowest BCUT2D eigenvalue weighted by atomic mass is 10.00. The van der Waals surface area contributed by atoms with Gasteiger partial charge >= 0.3 is 6.09 Å². The van der Waals surface area contributed by atoms with Gasteiger partial charge < -0.3 is 35.3 Å². The normalized spacial score (nSPS) is 18.3. The number of carbonyl (C=O) groups is 3. The van der Waals surface area contributed by atoms with Gasteiger partial charge in [0.2, 0.25) is 5.91 Å². The number of morpholine rings is 1. The lowest BCUT2D eigenvalue weighted by Crippen LogP contribution is -2.53. The molecule has 55 heavy (non-hydrogen) atoms. The molecular formula is C39H51N9O6S. The quantitative estimate of drug-likeness (QED) is 0.163. The zero-order valence-electron chi connectivity index (χ0n) is 32.1. The fourth-order valence-electron chi connectivity index (χ4n) is 6.91. The topological polar surface area (TPSA) is 184 Å². The maximum Gasteiger partial charge on any atom is 0.407 e. The molecule has 3 unspecified atom stereocenters. The third kappa shape index (κ3) is 10.9. The highest BCUT2D eigenvalue weighted by atomic mass is 32.2. The van der Waals surface area contributed by atoms with Gasteiger partial charge in [0.05, 0.1) is 24.5 Å². The molecule has 3 aromatic heterocycles. The smallest absolute Gasteiger partial charge is 0.407 e. The molecule has 0 spiro atoms. The number of carbonyl (C=O) groups excluding carboxylic acids is 3. The number of piperidine rings is 1. The maximum atomic E-state index is 13.5. The molecule has 4 aromatic rings. The molecule has 4 atom stereocenters. The van der Waals surface area contributed by atoms with Crippen molar-refractivity contribution in [1.82, 2.24) is 35.5 Å². The molecule has 0 saturated carbocycles. The molecule has 2 saturated heterocycles. The van der Waals surface area contributed by atoms with Crippen LogP contribution in [0.1, 0.15) is 56.6 Å². The van der Waals surface area contributed by atoms with Crippen molar-refractivity contribution in [2.24, 2.45) is 5.92 Å². The molecular weight excluding hydrogens is 723 g/mol. The molecule has 3 amide bonds. The summed E-state index contributed by atoms with van der Waals surface area (Å²) < 4.78 is 23.1. The number of rotatable bonds is 12. The summed E-state index contributed by atoms with van der Waals surface area (Å²) in [6.07, 6.45) is 5.80. The molecule has 0 aliphatic carbocycles. The summed E-state index contributed by atoms with van der Waals surface area (Å²) in [4.78, 5) is 60.3. The van der Waals surface area contributed by atoms with E-state index in [1.54, 1.807) is 52.5 Å². The number of H-pyrrole nitrogens is 1. The van der Waals surface area contributed by atoms with Crippen LogP contribution in [-0.2, 0) is 31.6 Å². The molecule has 294 valence electrons. The van der Waals surface area contributed by atoms with Gasteiger partial charge in [-0.05, 0) is 88.5 Å². The van der Waals surface area contributed by atoms with Crippen LogP contribution in [0, 0.1) is 5.92 Å². The average molecular weight is 774 g/mol. The summed E-state index contributed by atoms with van der Waals surface area (Å²) in [5, 5.41) is 9.79. The Morgan fingerprint density at radius 1 is 1.05 bits per heavy atom. The number of hydrogen-bond donors (Lipinski definition) is 4. The van der Waals surface area contributed by atoms with Crippen LogP contribution < -0.4 is 20.9 Å². The monoisotopic (exact) mass is 773 g/mol. The number of likely N-dealkylation sites (tertiary alicyclic amines) is 1. The molecule has 2 aliphatic rings. The summed E-state index contributed by atoms with van der Waals surface area (Å²) in [5.74, 6) is -0.263. The molecule has 4 N–H and O–H groups in total. The largest absolute Gasteiger partial charge is 0.444 e. The number of aromatic amines is 1. The minimum absolute atomic E-state index is 0.113. The fraction of sp³-hybridized carbons (Fsp3) is 0.487. The second-order valence-electron chi connectivity index (χ2n) is 15.2. The van der Waals surface area contributed by atoms with E-state index in [1.165, 1.54) is 0 Å². The van der Waals surface area contributed by atoms with Crippen LogP contribution in [0.5, 0.6) is 0 Å². The summed E-state index contributed by atoms with van der Waals surface area (Å²) in [6.45, 7) is 11.9. The fourth-order valence-corrected chi connectivity index (χ4v) is 7.86. The minimum atomic E-state index is -1.26. The van der Waals surface area contributed by atoms with Crippen LogP contribution in [0.15, 0.2) is 55.0 Å². The van der Waals surface area contributed by atoms with Crippen LogP contribution >= 0.6 is 0 Å².